The number of carboxylic acids is 1. The average Bonchev–Trinajstić information content (AvgIpc) is 2.98. The van der Waals surface area contributed by atoms with E-state index in [9.17, 15) is 14.7 Å². The molecule has 0 spiro atoms. The van der Waals surface area contributed by atoms with Crippen molar-refractivity contribution in [2.75, 3.05) is 6.61 Å². The molecule has 3 aromatic carbocycles. The highest BCUT2D eigenvalue weighted by molar-refractivity contribution is 5.96. The van der Waals surface area contributed by atoms with Crippen molar-refractivity contribution < 1.29 is 19.4 Å². The van der Waals surface area contributed by atoms with Crippen molar-refractivity contribution in [3.8, 4) is 17.0 Å². The van der Waals surface area contributed by atoms with E-state index in [0.717, 1.165) is 52.1 Å². The predicted octanol–water partition coefficient (Wildman–Crippen LogP) is 7.97. The Balaban J connectivity index is 1.37. The highest BCUT2D eigenvalue weighted by atomic mass is 16.5. The Kier molecular flexibility index (Phi) is 10.3. The third-order valence-electron chi connectivity index (χ3n) is 7.48. The lowest BCUT2D eigenvalue weighted by Gasteiger charge is -2.19. The molecule has 0 aliphatic rings. The predicted molar refractivity (Wildman–Crippen MR) is 169 cm³/mol. The number of carboxylic acid groups (broad SMARTS) is 1. The van der Waals surface area contributed by atoms with Crippen LogP contribution in [0.1, 0.15) is 81.3 Å². The zero-order chi connectivity index (χ0) is 30.1. The van der Waals surface area contributed by atoms with Gasteiger partial charge < -0.3 is 15.2 Å². The summed E-state index contributed by atoms with van der Waals surface area (Å²) in [6, 6.07) is 23.9. The normalized spacial score (nSPS) is 12.2. The van der Waals surface area contributed by atoms with E-state index in [1.54, 1.807) is 12.1 Å². The lowest BCUT2D eigenvalue weighted by atomic mass is 9.86. The largest absolute Gasteiger partial charge is 0.494 e. The second kappa shape index (κ2) is 14.1. The molecule has 6 nitrogen and oxygen atoms in total. The highest BCUT2D eigenvalue weighted by Gasteiger charge is 2.22. The number of hydrogen-bond donors (Lipinski definition) is 2. The van der Waals surface area contributed by atoms with Gasteiger partial charge in [-0.05, 0) is 59.4 Å². The number of benzene rings is 3. The summed E-state index contributed by atoms with van der Waals surface area (Å²) in [6.07, 6.45) is 6.22. The van der Waals surface area contributed by atoms with Crippen LogP contribution in [0.5, 0.6) is 5.75 Å². The zero-order valence-corrected chi connectivity index (χ0v) is 25.2. The van der Waals surface area contributed by atoms with Gasteiger partial charge in [0.15, 0.2) is 0 Å². The molecule has 1 aromatic heterocycles. The molecular weight excluding hydrogens is 524 g/mol. The van der Waals surface area contributed by atoms with Crippen molar-refractivity contribution in [3.05, 3.63) is 95.6 Å². The molecule has 0 saturated carbocycles. The first-order chi connectivity index (χ1) is 20.1. The Morgan fingerprint density at radius 1 is 0.881 bits per heavy atom. The van der Waals surface area contributed by atoms with Crippen LogP contribution in [0.4, 0.5) is 0 Å². The SMILES string of the molecule is CCCCCCCOc1ccc2nc(-c3ccc(C[C@H](NC(=O)c4ccc(C(C)(C)C)cc4)C(=O)O)cc3)ccc2c1. The summed E-state index contributed by atoms with van der Waals surface area (Å²) in [7, 11) is 0. The molecule has 0 aliphatic heterocycles. The third kappa shape index (κ3) is 8.41. The zero-order valence-electron chi connectivity index (χ0n) is 25.2. The van der Waals surface area contributed by atoms with E-state index in [-0.39, 0.29) is 11.8 Å². The molecule has 0 radical (unpaired) electrons. The number of carbonyl (C=O) groups excluding carboxylic acids is 1. The van der Waals surface area contributed by atoms with Crippen LogP contribution < -0.4 is 10.1 Å². The molecule has 4 aromatic rings. The summed E-state index contributed by atoms with van der Waals surface area (Å²) in [5.41, 5.74) is 4.98. The quantitative estimate of drug-likeness (QED) is 0.160. The van der Waals surface area contributed by atoms with Crippen LogP contribution in [-0.4, -0.2) is 34.6 Å². The number of aliphatic carboxylic acids is 1. The molecule has 1 heterocycles. The van der Waals surface area contributed by atoms with Gasteiger partial charge in [-0.1, -0.05) is 95.8 Å². The minimum absolute atomic E-state index is 0.0292. The van der Waals surface area contributed by atoms with Crippen molar-refractivity contribution in [1.29, 1.82) is 0 Å². The average molecular weight is 567 g/mol. The Hall–Kier alpha value is -4.19. The maximum atomic E-state index is 12.8. The Morgan fingerprint density at radius 3 is 2.26 bits per heavy atom. The van der Waals surface area contributed by atoms with Gasteiger partial charge in [0.2, 0.25) is 0 Å². The summed E-state index contributed by atoms with van der Waals surface area (Å²) < 4.78 is 5.94. The van der Waals surface area contributed by atoms with Gasteiger partial charge in [-0.25, -0.2) is 9.78 Å². The third-order valence-corrected chi connectivity index (χ3v) is 7.48. The fraction of sp³-hybridized carbons (Fsp3) is 0.361. The second-order valence-electron chi connectivity index (χ2n) is 11.9. The topological polar surface area (TPSA) is 88.5 Å². The summed E-state index contributed by atoms with van der Waals surface area (Å²) in [5, 5.41) is 13.5. The summed E-state index contributed by atoms with van der Waals surface area (Å²) in [4.78, 5) is 29.6. The van der Waals surface area contributed by atoms with Crippen LogP contribution in [0, 0.1) is 0 Å². The molecule has 4 rings (SSSR count). The number of aromatic nitrogens is 1. The Morgan fingerprint density at radius 2 is 1.60 bits per heavy atom. The number of unbranched alkanes of at least 4 members (excludes halogenated alkanes) is 4. The molecular formula is C36H42N2O4. The standard InChI is InChI=1S/C36H42N2O4/c1-5-6-7-8-9-22-42-30-19-21-32-28(24-30)16-20-31(37-32)26-12-10-25(11-13-26)23-33(35(40)41)38-34(39)27-14-17-29(18-15-27)36(2,3)4/h10-21,24,33H,5-9,22-23H2,1-4H3,(H,38,39)(H,40,41)/t33-/m0/s1. The van der Waals surface area contributed by atoms with Crippen molar-refractivity contribution in [2.24, 2.45) is 0 Å². The number of pyridine rings is 1. The summed E-state index contributed by atoms with van der Waals surface area (Å²) in [6.45, 7) is 9.25. The number of carbonyl (C=O) groups is 2. The number of rotatable bonds is 13. The van der Waals surface area contributed by atoms with Gasteiger partial charge in [0.1, 0.15) is 11.8 Å². The summed E-state index contributed by atoms with van der Waals surface area (Å²) in [5.74, 6) is -0.617. The van der Waals surface area contributed by atoms with Gasteiger partial charge in [-0.15, -0.1) is 0 Å². The van der Waals surface area contributed by atoms with E-state index in [1.165, 1.54) is 25.7 Å². The van der Waals surface area contributed by atoms with Crippen molar-refractivity contribution in [1.82, 2.24) is 10.3 Å². The second-order valence-corrected chi connectivity index (χ2v) is 11.9. The fourth-order valence-corrected chi connectivity index (χ4v) is 4.86. The van der Waals surface area contributed by atoms with Gasteiger partial charge in [-0.2, -0.15) is 0 Å². The first-order valence-corrected chi connectivity index (χ1v) is 14.9. The maximum absolute atomic E-state index is 12.8. The van der Waals surface area contributed by atoms with Gasteiger partial charge in [0.05, 0.1) is 17.8 Å². The number of ether oxygens (including phenoxy) is 1. The lowest BCUT2D eigenvalue weighted by molar-refractivity contribution is -0.139. The lowest BCUT2D eigenvalue weighted by Crippen LogP contribution is -2.42. The highest BCUT2D eigenvalue weighted by Crippen LogP contribution is 2.25. The first kappa shape index (κ1) is 30.8. The monoisotopic (exact) mass is 566 g/mol. The van der Waals surface area contributed by atoms with Gasteiger partial charge in [-0.3, -0.25) is 4.79 Å². The fourth-order valence-electron chi connectivity index (χ4n) is 4.86. The minimum Gasteiger partial charge on any atom is -0.494 e. The molecule has 0 fully saturated rings. The Bertz CT molecular complexity index is 1490. The number of nitrogens with one attached hydrogen (secondary N) is 1. The van der Waals surface area contributed by atoms with E-state index in [4.69, 9.17) is 9.72 Å². The van der Waals surface area contributed by atoms with Crippen LogP contribution in [0.25, 0.3) is 22.2 Å². The molecule has 0 aliphatic carbocycles. The number of fused-ring (bicyclic) bond motifs is 1. The molecule has 42 heavy (non-hydrogen) atoms. The molecule has 220 valence electrons. The van der Waals surface area contributed by atoms with E-state index in [2.05, 4.69) is 33.0 Å². The molecule has 6 heteroatoms. The van der Waals surface area contributed by atoms with Crippen molar-refractivity contribution in [3.63, 3.8) is 0 Å². The van der Waals surface area contributed by atoms with E-state index >= 15 is 0 Å². The van der Waals surface area contributed by atoms with E-state index in [0.29, 0.717) is 5.56 Å². The summed E-state index contributed by atoms with van der Waals surface area (Å²) >= 11 is 0. The number of amides is 1. The van der Waals surface area contributed by atoms with E-state index in [1.807, 2.05) is 66.7 Å². The van der Waals surface area contributed by atoms with Crippen LogP contribution in [0.2, 0.25) is 0 Å². The minimum atomic E-state index is -1.07. The molecule has 0 saturated heterocycles. The van der Waals surface area contributed by atoms with Crippen LogP contribution in [-0.2, 0) is 16.6 Å². The maximum Gasteiger partial charge on any atom is 0.326 e. The smallest absolute Gasteiger partial charge is 0.326 e. The van der Waals surface area contributed by atoms with Crippen molar-refractivity contribution >= 4 is 22.8 Å². The molecule has 0 unspecified atom stereocenters. The first-order valence-electron chi connectivity index (χ1n) is 14.9. The number of nitrogens with zero attached hydrogens (tertiary/aromatic N) is 1. The van der Waals surface area contributed by atoms with Crippen LogP contribution in [0.3, 0.4) is 0 Å². The van der Waals surface area contributed by atoms with E-state index < -0.39 is 17.9 Å². The van der Waals surface area contributed by atoms with Crippen LogP contribution in [0.15, 0.2) is 78.9 Å². The van der Waals surface area contributed by atoms with Gasteiger partial charge in [0.25, 0.3) is 5.91 Å². The molecule has 2 N–H and O–H groups in total. The molecule has 1 atom stereocenters. The molecule has 1 amide bonds. The van der Waals surface area contributed by atoms with Gasteiger partial charge >= 0.3 is 5.97 Å². The molecule has 0 bridgehead atoms. The Labute approximate surface area is 249 Å². The number of hydrogen-bond acceptors (Lipinski definition) is 4. The van der Waals surface area contributed by atoms with Crippen LogP contribution >= 0.6 is 0 Å². The van der Waals surface area contributed by atoms with Crippen molar-refractivity contribution in [2.45, 2.75) is 77.7 Å². The van der Waals surface area contributed by atoms with Gasteiger partial charge in [0, 0.05) is 22.9 Å².